The second-order valence-corrected chi connectivity index (χ2v) is 7.49. The monoisotopic (exact) mass is 303 g/mol. The second kappa shape index (κ2) is 5.17. The van der Waals surface area contributed by atoms with Crippen LogP contribution >= 0.6 is 0 Å². The Morgan fingerprint density at radius 3 is 2.18 bits per heavy atom. The summed E-state index contributed by atoms with van der Waals surface area (Å²) < 4.78 is 18.6. The highest BCUT2D eigenvalue weighted by molar-refractivity contribution is 6.65. The molecule has 2 fully saturated rings. The number of anilines is 1. The highest BCUT2D eigenvalue weighted by Crippen LogP contribution is 2.38. The van der Waals surface area contributed by atoms with Crippen molar-refractivity contribution in [3.05, 3.63) is 18.2 Å². The average Bonchev–Trinajstić information content (AvgIpc) is 3.17. The van der Waals surface area contributed by atoms with Gasteiger partial charge in [-0.15, -0.1) is 0 Å². The van der Waals surface area contributed by atoms with Crippen molar-refractivity contribution in [2.75, 3.05) is 19.0 Å². The molecule has 1 aliphatic heterocycles. The zero-order valence-corrected chi connectivity index (χ0v) is 14.5. The summed E-state index contributed by atoms with van der Waals surface area (Å²) in [7, 11) is 3.66. The predicted molar refractivity (Wildman–Crippen MR) is 90.1 cm³/mol. The fourth-order valence-corrected chi connectivity index (χ4v) is 2.59. The lowest BCUT2D eigenvalue weighted by atomic mass is 9.76. The van der Waals surface area contributed by atoms with E-state index < -0.39 is 7.12 Å². The summed E-state index contributed by atoms with van der Waals surface area (Å²) in [6, 6.07) is 6.13. The molecule has 0 N–H and O–H groups in total. The summed E-state index contributed by atoms with van der Waals surface area (Å²) in [6.07, 6.45) is 2.61. The molecular formula is C17H26BNO3. The normalized spacial score (nSPS) is 22.7. The van der Waals surface area contributed by atoms with E-state index in [0.717, 1.165) is 29.7 Å². The smallest absolute Gasteiger partial charge is 0.491 e. The summed E-state index contributed by atoms with van der Waals surface area (Å²) in [6.45, 7) is 8.30. The van der Waals surface area contributed by atoms with Crippen molar-refractivity contribution < 1.29 is 14.0 Å². The Hall–Kier alpha value is -1.20. The van der Waals surface area contributed by atoms with Crippen LogP contribution in [-0.4, -0.2) is 38.5 Å². The van der Waals surface area contributed by atoms with Crippen LogP contribution in [0, 0.1) is 0 Å². The number of benzene rings is 1. The van der Waals surface area contributed by atoms with Crippen LogP contribution in [0.15, 0.2) is 18.2 Å². The molecule has 0 aromatic heterocycles. The minimum absolute atomic E-state index is 0.346. The van der Waals surface area contributed by atoms with Gasteiger partial charge in [0.15, 0.2) is 0 Å². The summed E-state index contributed by atoms with van der Waals surface area (Å²) in [5.74, 6) is 0.882. The Kier molecular flexibility index (Phi) is 3.69. The Bertz CT molecular complexity index is 551. The molecule has 3 rings (SSSR count). The first kappa shape index (κ1) is 15.7. The summed E-state index contributed by atoms with van der Waals surface area (Å²) in [5.41, 5.74) is 1.37. The first-order chi connectivity index (χ1) is 10.2. The van der Waals surface area contributed by atoms with Crippen LogP contribution in [0.25, 0.3) is 0 Å². The third-order valence-electron chi connectivity index (χ3n) is 4.83. The van der Waals surface area contributed by atoms with Gasteiger partial charge in [0, 0.05) is 25.2 Å². The van der Waals surface area contributed by atoms with Crippen molar-refractivity contribution >= 4 is 18.3 Å². The Balaban J connectivity index is 2.01. The van der Waals surface area contributed by atoms with Gasteiger partial charge in [-0.3, -0.25) is 0 Å². The van der Waals surface area contributed by atoms with E-state index >= 15 is 0 Å². The molecule has 0 spiro atoms. The number of hydrogen-bond donors (Lipinski definition) is 0. The maximum atomic E-state index is 6.25. The van der Waals surface area contributed by atoms with E-state index in [0.29, 0.717) is 6.10 Å². The van der Waals surface area contributed by atoms with E-state index in [1.165, 1.54) is 0 Å². The van der Waals surface area contributed by atoms with Crippen LogP contribution < -0.4 is 15.1 Å². The van der Waals surface area contributed by atoms with Gasteiger partial charge in [-0.1, -0.05) is 6.07 Å². The van der Waals surface area contributed by atoms with Crippen molar-refractivity contribution in [2.45, 2.75) is 57.8 Å². The van der Waals surface area contributed by atoms with Crippen LogP contribution in [0.4, 0.5) is 5.69 Å². The number of rotatable bonds is 4. The minimum Gasteiger partial charge on any atom is -0.491 e. The minimum atomic E-state index is -0.405. The molecular weight excluding hydrogens is 277 g/mol. The first-order valence-corrected chi connectivity index (χ1v) is 8.04. The molecule has 1 aliphatic carbocycles. The van der Waals surface area contributed by atoms with E-state index in [2.05, 4.69) is 38.7 Å². The molecule has 22 heavy (non-hydrogen) atoms. The lowest BCUT2D eigenvalue weighted by molar-refractivity contribution is 0.00578. The Labute approximate surface area is 133 Å². The van der Waals surface area contributed by atoms with Crippen molar-refractivity contribution in [3.8, 4) is 5.75 Å². The summed E-state index contributed by atoms with van der Waals surface area (Å²) in [5, 5.41) is 0. The molecule has 0 unspecified atom stereocenters. The number of hydrogen-bond acceptors (Lipinski definition) is 4. The largest absolute Gasteiger partial charge is 0.500 e. The molecule has 1 saturated heterocycles. The SMILES string of the molecule is CN(C)c1cccc(OC2CC2)c1B1OC(C)(C)C(C)(C)O1. The van der Waals surface area contributed by atoms with Crippen LogP contribution in [0.2, 0.25) is 0 Å². The van der Waals surface area contributed by atoms with Crippen LogP contribution in [0.5, 0.6) is 5.75 Å². The van der Waals surface area contributed by atoms with Gasteiger partial charge in [0.2, 0.25) is 0 Å². The Morgan fingerprint density at radius 2 is 1.68 bits per heavy atom. The van der Waals surface area contributed by atoms with Crippen molar-refractivity contribution in [2.24, 2.45) is 0 Å². The molecule has 4 nitrogen and oxygen atoms in total. The third-order valence-corrected chi connectivity index (χ3v) is 4.83. The highest BCUT2D eigenvalue weighted by atomic mass is 16.7. The fraction of sp³-hybridized carbons (Fsp3) is 0.647. The van der Waals surface area contributed by atoms with Crippen LogP contribution in [-0.2, 0) is 9.31 Å². The van der Waals surface area contributed by atoms with Crippen LogP contribution in [0.1, 0.15) is 40.5 Å². The molecule has 1 aromatic carbocycles. The lowest BCUT2D eigenvalue weighted by Gasteiger charge is -2.32. The zero-order valence-electron chi connectivity index (χ0n) is 14.5. The highest BCUT2D eigenvalue weighted by Gasteiger charge is 2.53. The maximum absolute atomic E-state index is 6.25. The van der Waals surface area contributed by atoms with Gasteiger partial charge in [0.1, 0.15) is 5.75 Å². The molecule has 2 aliphatic rings. The zero-order chi connectivity index (χ0) is 16.1. The molecule has 0 amide bonds. The van der Waals surface area contributed by atoms with Gasteiger partial charge < -0.3 is 18.9 Å². The molecule has 1 aromatic rings. The van der Waals surface area contributed by atoms with E-state index in [1.807, 2.05) is 26.2 Å². The quantitative estimate of drug-likeness (QED) is 0.800. The number of ether oxygens (including phenoxy) is 1. The maximum Gasteiger partial charge on any atom is 0.500 e. The summed E-state index contributed by atoms with van der Waals surface area (Å²) in [4.78, 5) is 2.08. The number of nitrogens with zero attached hydrogens (tertiary/aromatic N) is 1. The second-order valence-electron chi connectivity index (χ2n) is 7.49. The van der Waals surface area contributed by atoms with E-state index in [-0.39, 0.29) is 11.2 Å². The average molecular weight is 303 g/mol. The topological polar surface area (TPSA) is 30.9 Å². The van der Waals surface area contributed by atoms with Gasteiger partial charge in [0.05, 0.1) is 17.3 Å². The molecule has 0 atom stereocenters. The molecule has 0 radical (unpaired) electrons. The molecule has 1 saturated carbocycles. The molecule has 5 heteroatoms. The standard InChI is InChI=1S/C17H26BNO3/c1-16(2)17(3,4)22-18(21-16)15-13(19(5)6)8-7-9-14(15)20-12-10-11-12/h7-9,12H,10-11H2,1-6H3. The molecule has 0 bridgehead atoms. The van der Waals surface area contributed by atoms with Gasteiger partial charge in [0.25, 0.3) is 0 Å². The third kappa shape index (κ3) is 2.72. The molecule has 1 heterocycles. The summed E-state index contributed by atoms with van der Waals surface area (Å²) >= 11 is 0. The van der Waals surface area contributed by atoms with Crippen molar-refractivity contribution in [1.29, 1.82) is 0 Å². The van der Waals surface area contributed by atoms with Crippen LogP contribution in [0.3, 0.4) is 0 Å². The van der Waals surface area contributed by atoms with E-state index in [1.54, 1.807) is 0 Å². The predicted octanol–water partition coefficient (Wildman–Crippen LogP) is 2.59. The van der Waals surface area contributed by atoms with E-state index in [9.17, 15) is 0 Å². The van der Waals surface area contributed by atoms with Gasteiger partial charge >= 0.3 is 7.12 Å². The first-order valence-electron chi connectivity index (χ1n) is 8.04. The van der Waals surface area contributed by atoms with E-state index in [4.69, 9.17) is 14.0 Å². The Morgan fingerprint density at radius 1 is 1.09 bits per heavy atom. The van der Waals surface area contributed by atoms with Gasteiger partial charge in [-0.25, -0.2) is 0 Å². The van der Waals surface area contributed by atoms with Crippen molar-refractivity contribution in [3.63, 3.8) is 0 Å². The fourth-order valence-electron chi connectivity index (χ4n) is 2.59. The van der Waals surface area contributed by atoms with Gasteiger partial charge in [-0.05, 0) is 52.7 Å². The molecule has 120 valence electrons. The van der Waals surface area contributed by atoms with Gasteiger partial charge in [-0.2, -0.15) is 0 Å². The lowest BCUT2D eigenvalue weighted by Crippen LogP contribution is -2.41. The van der Waals surface area contributed by atoms with Crippen molar-refractivity contribution in [1.82, 2.24) is 0 Å².